The van der Waals surface area contributed by atoms with Crippen LogP contribution in [-0.2, 0) is 0 Å². The zero-order chi connectivity index (χ0) is 15.2. The van der Waals surface area contributed by atoms with E-state index in [1.807, 2.05) is 42.7 Å². The van der Waals surface area contributed by atoms with E-state index in [-0.39, 0.29) is 12.4 Å². The Morgan fingerprint density at radius 3 is 3.00 bits per heavy atom. The predicted octanol–water partition coefficient (Wildman–Crippen LogP) is 3.18. The largest absolute Gasteiger partial charge is 0.492 e. The van der Waals surface area contributed by atoms with Crippen LogP contribution < -0.4 is 10.1 Å². The molecule has 1 aliphatic rings. The normalized spacial score (nSPS) is 18.2. The molecule has 2 aromatic rings. The number of hydrogen-bond acceptors (Lipinski definition) is 4. The monoisotopic (exact) mass is 353 g/mol. The van der Waals surface area contributed by atoms with Crippen LogP contribution in [0.25, 0.3) is 0 Å². The lowest BCUT2D eigenvalue weighted by Gasteiger charge is -2.36. The van der Waals surface area contributed by atoms with E-state index in [4.69, 9.17) is 16.3 Å². The zero-order valence-electron chi connectivity index (χ0n) is 12.8. The Bertz CT molecular complexity index is 597. The van der Waals surface area contributed by atoms with Crippen LogP contribution in [-0.4, -0.2) is 42.7 Å². The molecule has 0 radical (unpaired) electrons. The molecule has 1 unspecified atom stereocenters. The molecule has 1 atom stereocenters. The van der Waals surface area contributed by atoms with Gasteiger partial charge in [0.1, 0.15) is 12.4 Å². The molecule has 1 aromatic heterocycles. The summed E-state index contributed by atoms with van der Waals surface area (Å²) in [5.41, 5.74) is 1.25. The lowest BCUT2D eigenvalue weighted by atomic mass is 10.1. The molecule has 0 bridgehead atoms. The highest BCUT2D eigenvalue weighted by Crippen LogP contribution is 2.21. The molecule has 0 spiro atoms. The number of benzene rings is 1. The number of ether oxygens (including phenoxy) is 1. The van der Waals surface area contributed by atoms with Gasteiger partial charge in [-0.1, -0.05) is 23.7 Å². The third-order valence-electron chi connectivity index (χ3n) is 3.87. The third kappa shape index (κ3) is 5.08. The summed E-state index contributed by atoms with van der Waals surface area (Å²) in [5.74, 6) is 0.820. The Hall–Kier alpha value is -1.33. The average Bonchev–Trinajstić information content (AvgIpc) is 2.56. The Kier molecular flexibility index (Phi) is 7.12. The van der Waals surface area contributed by atoms with Crippen LogP contribution in [0.3, 0.4) is 0 Å². The second-order valence-corrected chi connectivity index (χ2v) is 5.78. The van der Waals surface area contributed by atoms with Gasteiger partial charge in [0.05, 0.1) is 0 Å². The molecule has 1 aromatic carbocycles. The summed E-state index contributed by atoms with van der Waals surface area (Å²) in [6.07, 6.45) is 3.76. The van der Waals surface area contributed by atoms with Gasteiger partial charge in [0.2, 0.25) is 0 Å². The van der Waals surface area contributed by atoms with Crippen LogP contribution in [0, 0.1) is 0 Å². The van der Waals surface area contributed by atoms with Crippen molar-refractivity contribution in [3.05, 3.63) is 59.4 Å². The van der Waals surface area contributed by atoms with E-state index in [9.17, 15) is 0 Å². The number of aromatic nitrogens is 1. The molecular formula is C17H21Cl2N3O. The Morgan fingerprint density at radius 2 is 2.22 bits per heavy atom. The minimum absolute atomic E-state index is 0. The van der Waals surface area contributed by atoms with E-state index in [0.29, 0.717) is 17.7 Å². The maximum Gasteiger partial charge on any atom is 0.120 e. The molecule has 1 aliphatic heterocycles. The van der Waals surface area contributed by atoms with Crippen molar-refractivity contribution in [2.45, 2.75) is 6.04 Å². The first kappa shape index (κ1) is 18.0. The van der Waals surface area contributed by atoms with Crippen molar-refractivity contribution in [3.63, 3.8) is 0 Å². The van der Waals surface area contributed by atoms with E-state index in [2.05, 4.69) is 21.3 Å². The summed E-state index contributed by atoms with van der Waals surface area (Å²) in [7, 11) is 0. The number of halogens is 2. The first-order valence-electron chi connectivity index (χ1n) is 7.56. The van der Waals surface area contributed by atoms with Crippen molar-refractivity contribution in [2.75, 3.05) is 32.8 Å². The van der Waals surface area contributed by atoms with Crippen LogP contribution >= 0.6 is 24.0 Å². The van der Waals surface area contributed by atoms with E-state index in [0.717, 1.165) is 31.9 Å². The smallest absolute Gasteiger partial charge is 0.120 e. The number of nitrogens with one attached hydrogen (secondary N) is 1. The number of hydrogen-bond donors (Lipinski definition) is 1. The summed E-state index contributed by atoms with van der Waals surface area (Å²) in [5, 5.41) is 4.15. The van der Waals surface area contributed by atoms with Crippen LogP contribution in [0.15, 0.2) is 48.8 Å². The van der Waals surface area contributed by atoms with Gasteiger partial charge in [-0.05, 0) is 29.8 Å². The second kappa shape index (κ2) is 9.08. The number of pyridine rings is 1. The van der Waals surface area contributed by atoms with Gasteiger partial charge < -0.3 is 10.1 Å². The van der Waals surface area contributed by atoms with Crippen molar-refractivity contribution in [1.29, 1.82) is 0 Å². The summed E-state index contributed by atoms with van der Waals surface area (Å²) < 4.78 is 5.81. The summed E-state index contributed by atoms with van der Waals surface area (Å²) in [6.45, 7) is 4.50. The molecule has 6 heteroatoms. The fourth-order valence-corrected chi connectivity index (χ4v) is 2.93. The van der Waals surface area contributed by atoms with Crippen molar-refractivity contribution >= 4 is 24.0 Å². The first-order valence-corrected chi connectivity index (χ1v) is 7.94. The van der Waals surface area contributed by atoms with Crippen LogP contribution in [0.2, 0.25) is 5.02 Å². The van der Waals surface area contributed by atoms with E-state index in [1.54, 1.807) is 0 Å². The first-order chi connectivity index (χ1) is 10.8. The molecule has 23 heavy (non-hydrogen) atoms. The minimum Gasteiger partial charge on any atom is -0.492 e. The molecular weight excluding hydrogens is 333 g/mol. The zero-order valence-corrected chi connectivity index (χ0v) is 14.4. The lowest BCUT2D eigenvalue weighted by molar-refractivity contribution is 0.134. The SMILES string of the molecule is Cl.Clc1cccc(OCCN2CCNCC2c2cccnc2)c1. The van der Waals surface area contributed by atoms with Crippen molar-refractivity contribution in [3.8, 4) is 5.75 Å². The average molecular weight is 354 g/mol. The van der Waals surface area contributed by atoms with E-state index in [1.165, 1.54) is 5.56 Å². The fourth-order valence-electron chi connectivity index (χ4n) is 2.75. The molecule has 4 nitrogen and oxygen atoms in total. The van der Waals surface area contributed by atoms with Crippen LogP contribution in [0.1, 0.15) is 11.6 Å². The van der Waals surface area contributed by atoms with Crippen LogP contribution in [0.4, 0.5) is 0 Å². The topological polar surface area (TPSA) is 37.4 Å². The Morgan fingerprint density at radius 1 is 1.30 bits per heavy atom. The molecule has 0 amide bonds. The van der Waals surface area contributed by atoms with Crippen molar-refractivity contribution in [1.82, 2.24) is 15.2 Å². The summed E-state index contributed by atoms with van der Waals surface area (Å²) >= 11 is 5.97. The molecule has 1 saturated heterocycles. The van der Waals surface area contributed by atoms with Gasteiger partial charge in [0.25, 0.3) is 0 Å². The third-order valence-corrected chi connectivity index (χ3v) is 4.10. The molecule has 1 fully saturated rings. The molecule has 3 rings (SSSR count). The van der Waals surface area contributed by atoms with Crippen LogP contribution in [0.5, 0.6) is 5.75 Å². The second-order valence-electron chi connectivity index (χ2n) is 5.35. The lowest BCUT2D eigenvalue weighted by Crippen LogP contribution is -2.47. The summed E-state index contributed by atoms with van der Waals surface area (Å²) in [6, 6.07) is 12.0. The van der Waals surface area contributed by atoms with Gasteiger partial charge in [-0.15, -0.1) is 12.4 Å². The highest BCUT2D eigenvalue weighted by Gasteiger charge is 2.23. The molecule has 124 valence electrons. The number of piperazine rings is 1. The van der Waals surface area contributed by atoms with Gasteiger partial charge >= 0.3 is 0 Å². The highest BCUT2D eigenvalue weighted by molar-refractivity contribution is 6.30. The number of rotatable bonds is 5. The molecule has 0 aliphatic carbocycles. The number of nitrogens with zero attached hydrogens (tertiary/aromatic N) is 2. The van der Waals surface area contributed by atoms with E-state index < -0.39 is 0 Å². The quantitative estimate of drug-likeness (QED) is 0.895. The molecule has 0 saturated carbocycles. The van der Waals surface area contributed by atoms with Crippen molar-refractivity contribution < 1.29 is 4.74 Å². The van der Waals surface area contributed by atoms with Gasteiger partial charge in [0, 0.05) is 49.6 Å². The molecule has 1 N–H and O–H groups in total. The maximum absolute atomic E-state index is 5.97. The van der Waals surface area contributed by atoms with E-state index >= 15 is 0 Å². The Balaban J connectivity index is 0.00000192. The van der Waals surface area contributed by atoms with Gasteiger partial charge in [-0.25, -0.2) is 0 Å². The van der Waals surface area contributed by atoms with Gasteiger partial charge in [-0.2, -0.15) is 0 Å². The fraction of sp³-hybridized carbons (Fsp3) is 0.353. The van der Waals surface area contributed by atoms with Gasteiger partial charge in [0.15, 0.2) is 0 Å². The maximum atomic E-state index is 5.97. The van der Waals surface area contributed by atoms with Crippen molar-refractivity contribution in [2.24, 2.45) is 0 Å². The molecule has 2 heterocycles. The highest BCUT2D eigenvalue weighted by atomic mass is 35.5. The standard InChI is InChI=1S/C17H20ClN3O.ClH/c18-15-4-1-5-16(11-15)22-10-9-21-8-7-20-13-17(21)14-3-2-6-19-12-14;/h1-6,11-12,17,20H,7-10,13H2;1H. The predicted molar refractivity (Wildman–Crippen MR) is 95.6 cm³/mol. The Labute approximate surface area is 148 Å². The minimum atomic E-state index is 0. The van der Waals surface area contributed by atoms with Gasteiger partial charge in [-0.3, -0.25) is 9.88 Å². The summed E-state index contributed by atoms with van der Waals surface area (Å²) in [4.78, 5) is 6.67.